The number of halogens is 1. The number of nitrogens with one attached hydrogen (secondary N) is 1. The summed E-state index contributed by atoms with van der Waals surface area (Å²) in [5.41, 5.74) is 0. The molecule has 0 saturated carbocycles. The Balaban J connectivity index is 1.82. The van der Waals surface area contributed by atoms with Crippen molar-refractivity contribution in [3.05, 3.63) is 17.7 Å². The van der Waals surface area contributed by atoms with Gasteiger partial charge in [-0.1, -0.05) is 0 Å². The van der Waals surface area contributed by atoms with Crippen LogP contribution in [0.4, 0.5) is 0 Å². The number of sulfonamides is 1. The first-order valence-corrected chi connectivity index (χ1v) is 8.49. The van der Waals surface area contributed by atoms with E-state index in [0.717, 1.165) is 32.4 Å². The van der Waals surface area contributed by atoms with E-state index in [1.165, 1.54) is 12.4 Å². The topological polar surface area (TPSA) is 75.2 Å². The van der Waals surface area contributed by atoms with Gasteiger partial charge in [0.05, 0.1) is 12.4 Å². The molecule has 0 radical (unpaired) electrons. The minimum absolute atomic E-state index is 0.0373. The Morgan fingerprint density at radius 1 is 1.35 bits per heavy atom. The van der Waals surface area contributed by atoms with E-state index in [1.807, 2.05) is 0 Å². The summed E-state index contributed by atoms with van der Waals surface area (Å²) in [6.45, 7) is 2.62. The van der Waals surface area contributed by atoms with Crippen LogP contribution in [0.3, 0.4) is 0 Å². The molecule has 0 amide bonds. The minimum Gasteiger partial charge on any atom is -0.306 e. The molecule has 0 atom stereocenters. The standard InChI is InChI=1S/C12H19ClN4O2S/c1-17-6-3-10(4-7-17)2-5-16-20(18,19)11-8-14-12(13)15-9-11/h8-10,16H,2-7H2,1H3. The summed E-state index contributed by atoms with van der Waals surface area (Å²) in [4.78, 5) is 9.71. The van der Waals surface area contributed by atoms with Crippen LogP contribution < -0.4 is 4.72 Å². The zero-order chi connectivity index (χ0) is 14.6. The fourth-order valence-corrected chi connectivity index (χ4v) is 3.30. The number of rotatable bonds is 5. The monoisotopic (exact) mass is 318 g/mol. The number of hydrogen-bond donors (Lipinski definition) is 1. The summed E-state index contributed by atoms with van der Waals surface area (Å²) < 4.78 is 26.6. The lowest BCUT2D eigenvalue weighted by Crippen LogP contribution is -2.32. The summed E-state index contributed by atoms with van der Waals surface area (Å²) >= 11 is 5.54. The Bertz CT molecular complexity index is 527. The van der Waals surface area contributed by atoms with Gasteiger partial charge in [-0.2, -0.15) is 0 Å². The molecule has 1 aliphatic heterocycles. The van der Waals surface area contributed by atoms with Crippen molar-refractivity contribution in [3.8, 4) is 0 Å². The Hall–Kier alpha value is -0.760. The van der Waals surface area contributed by atoms with Crippen LogP contribution in [-0.2, 0) is 10.0 Å². The molecule has 6 nitrogen and oxygen atoms in total. The van der Waals surface area contributed by atoms with Crippen LogP contribution in [0.25, 0.3) is 0 Å². The SMILES string of the molecule is CN1CCC(CCNS(=O)(=O)c2cnc(Cl)nc2)CC1. The Labute approximate surface area is 124 Å². The van der Waals surface area contributed by atoms with Gasteiger partial charge in [-0.05, 0) is 56.9 Å². The zero-order valence-corrected chi connectivity index (χ0v) is 13.0. The van der Waals surface area contributed by atoms with Crippen molar-refractivity contribution in [2.45, 2.75) is 24.2 Å². The third-order valence-electron chi connectivity index (χ3n) is 3.59. The molecule has 1 aromatic rings. The average molecular weight is 319 g/mol. The molecular weight excluding hydrogens is 300 g/mol. The molecule has 1 aliphatic rings. The summed E-state index contributed by atoms with van der Waals surface area (Å²) in [7, 11) is -1.42. The van der Waals surface area contributed by atoms with E-state index in [4.69, 9.17) is 11.6 Å². The molecule has 2 heterocycles. The van der Waals surface area contributed by atoms with Crippen molar-refractivity contribution >= 4 is 21.6 Å². The van der Waals surface area contributed by atoms with E-state index < -0.39 is 10.0 Å². The number of aromatic nitrogens is 2. The first kappa shape index (κ1) is 15.6. The van der Waals surface area contributed by atoms with Crippen LogP contribution in [0.2, 0.25) is 5.28 Å². The van der Waals surface area contributed by atoms with Gasteiger partial charge in [-0.3, -0.25) is 0 Å². The normalized spacial score (nSPS) is 18.3. The largest absolute Gasteiger partial charge is 0.306 e. The van der Waals surface area contributed by atoms with Gasteiger partial charge < -0.3 is 4.90 Å². The molecule has 0 unspecified atom stereocenters. The number of likely N-dealkylation sites (tertiary alicyclic amines) is 1. The van der Waals surface area contributed by atoms with Crippen molar-refractivity contribution in [2.24, 2.45) is 5.92 Å². The molecular formula is C12H19ClN4O2S. The second-order valence-corrected chi connectivity index (χ2v) is 7.23. The van der Waals surface area contributed by atoms with Gasteiger partial charge in [0.25, 0.3) is 0 Å². The lowest BCUT2D eigenvalue weighted by Gasteiger charge is -2.28. The number of piperidine rings is 1. The maximum atomic E-state index is 12.0. The van der Waals surface area contributed by atoms with E-state index in [9.17, 15) is 8.42 Å². The zero-order valence-electron chi connectivity index (χ0n) is 11.4. The second-order valence-electron chi connectivity index (χ2n) is 5.12. The highest BCUT2D eigenvalue weighted by Crippen LogP contribution is 2.19. The van der Waals surface area contributed by atoms with E-state index in [-0.39, 0.29) is 10.2 Å². The van der Waals surface area contributed by atoms with Gasteiger partial charge in [-0.15, -0.1) is 0 Å². The minimum atomic E-state index is -3.53. The molecule has 1 aromatic heterocycles. The van der Waals surface area contributed by atoms with Crippen LogP contribution in [-0.4, -0.2) is 50.0 Å². The molecule has 0 bridgehead atoms. The number of hydrogen-bond acceptors (Lipinski definition) is 5. The van der Waals surface area contributed by atoms with Gasteiger partial charge in [0.15, 0.2) is 0 Å². The summed E-state index contributed by atoms with van der Waals surface area (Å²) in [6.07, 6.45) is 5.55. The summed E-state index contributed by atoms with van der Waals surface area (Å²) in [5, 5.41) is 0.0373. The van der Waals surface area contributed by atoms with Gasteiger partial charge in [-0.25, -0.2) is 23.1 Å². The van der Waals surface area contributed by atoms with E-state index in [0.29, 0.717) is 12.5 Å². The summed E-state index contributed by atoms with van der Waals surface area (Å²) in [6, 6.07) is 0. The maximum absolute atomic E-state index is 12.0. The lowest BCUT2D eigenvalue weighted by molar-refractivity contribution is 0.213. The van der Waals surface area contributed by atoms with Gasteiger partial charge in [0, 0.05) is 6.54 Å². The molecule has 20 heavy (non-hydrogen) atoms. The van der Waals surface area contributed by atoms with Crippen molar-refractivity contribution in [3.63, 3.8) is 0 Å². The van der Waals surface area contributed by atoms with E-state index in [2.05, 4.69) is 26.6 Å². The molecule has 8 heteroatoms. The van der Waals surface area contributed by atoms with Crippen LogP contribution in [0.5, 0.6) is 0 Å². The predicted molar refractivity (Wildman–Crippen MR) is 77.1 cm³/mol. The highest BCUT2D eigenvalue weighted by atomic mass is 35.5. The molecule has 1 fully saturated rings. The molecule has 0 aliphatic carbocycles. The quantitative estimate of drug-likeness (QED) is 0.824. The first-order chi connectivity index (χ1) is 9.47. The third kappa shape index (κ3) is 4.37. The van der Waals surface area contributed by atoms with Crippen LogP contribution >= 0.6 is 11.6 Å². The van der Waals surface area contributed by atoms with Crippen LogP contribution in [0.15, 0.2) is 17.3 Å². The Morgan fingerprint density at radius 2 is 1.95 bits per heavy atom. The second kappa shape index (κ2) is 6.80. The van der Waals surface area contributed by atoms with Gasteiger partial charge >= 0.3 is 0 Å². The van der Waals surface area contributed by atoms with Crippen LogP contribution in [0.1, 0.15) is 19.3 Å². The fraction of sp³-hybridized carbons (Fsp3) is 0.667. The molecule has 0 spiro atoms. The Kier molecular flexibility index (Phi) is 5.31. The van der Waals surface area contributed by atoms with Crippen molar-refractivity contribution in [2.75, 3.05) is 26.7 Å². The van der Waals surface area contributed by atoms with Gasteiger partial charge in [0.1, 0.15) is 4.90 Å². The first-order valence-electron chi connectivity index (χ1n) is 6.63. The number of nitrogens with zero attached hydrogens (tertiary/aromatic N) is 3. The average Bonchev–Trinajstić information content (AvgIpc) is 2.41. The molecule has 112 valence electrons. The van der Waals surface area contributed by atoms with E-state index >= 15 is 0 Å². The van der Waals surface area contributed by atoms with Crippen molar-refractivity contribution < 1.29 is 8.42 Å². The summed E-state index contributed by atoms with van der Waals surface area (Å²) in [5.74, 6) is 0.593. The molecule has 1 N–H and O–H groups in total. The third-order valence-corrected chi connectivity index (χ3v) is 5.20. The maximum Gasteiger partial charge on any atom is 0.243 e. The Morgan fingerprint density at radius 3 is 2.55 bits per heavy atom. The van der Waals surface area contributed by atoms with Crippen molar-refractivity contribution in [1.29, 1.82) is 0 Å². The molecule has 2 rings (SSSR count). The molecule has 1 saturated heterocycles. The fourth-order valence-electron chi connectivity index (χ4n) is 2.27. The van der Waals surface area contributed by atoms with Gasteiger partial charge in [0.2, 0.25) is 15.3 Å². The van der Waals surface area contributed by atoms with Crippen LogP contribution in [0, 0.1) is 5.92 Å². The predicted octanol–water partition coefficient (Wildman–Crippen LogP) is 1.14. The van der Waals surface area contributed by atoms with E-state index in [1.54, 1.807) is 0 Å². The lowest BCUT2D eigenvalue weighted by atomic mass is 9.94. The molecule has 0 aromatic carbocycles. The highest BCUT2D eigenvalue weighted by molar-refractivity contribution is 7.89. The smallest absolute Gasteiger partial charge is 0.243 e. The highest BCUT2D eigenvalue weighted by Gasteiger charge is 2.19. The van der Waals surface area contributed by atoms with Crippen molar-refractivity contribution in [1.82, 2.24) is 19.6 Å².